The third-order valence-electron chi connectivity index (χ3n) is 14.0. The lowest BCUT2D eigenvalue weighted by molar-refractivity contribution is -0.161. The summed E-state index contributed by atoms with van der Waals surface area (Å²) in [5.41, 5.74) is 0. The maximum Gasteiger partial charge on any atom is 0.472 e. The van der Waals surface area contributed by atoms with E-state index in [1.54, 1.807) is 24.3 Å². The summed E-state index contributed by atoms with van der Waals surface area (Å²) in [6, 6.07) is 0. The quantitative estimate of drug-likeness (QED) is 0.0169. The molecule has 0 rings (SSSR count). The molecule has 570 valence electrons. The molecular formula is C83H126O17P2. The van der Waals surface area contributed by atoms with Gasteiger partial charge in [0.05, 0.1) is 39.3 Å². The molecule has 0 aromatic carbocycles. The highest BCUT2D eigenvalue weighted by Crippen LogP contribution is 2.45. The van der Waals surface area contributed by atoms with Crippen molar-refractivity contribution in [1.29, 1.82) is 0 Å². The molecule has 5 atom stereocenters. The molecule has 0 heterocycles. The van der Waals surface area contributed by atoms with E-state index in [4.69, 9.17) is 37.0 Å². The summed E-state index contributed by atoms with van der Waals surface area (Å²) in [4.78, 5) is 72.7. The summed E-state index contributed by atoms with van der Waals surface area (Å²) in [5.74, 6) is -2.58. The second kappa shape index (κ2) is 72.7. The third kappa shape index (κ3) is 71.8. The largest absolute Gasteiger partial charge is 0.472 e. The fourth-order valence-corrected chi connectivity index (χ4v) is 10.1. The van der Waals surface area contributed by atoms with Gasteiger partial charge in [-0.2, -0.15) is 0 Å². The lowest BCUT2D eigenvalue weighted by Gasteiger charge is -2.21. The number of ether oxygens (including phenoxy) is 4. The van der Waals surface area contributed by atoms with Crippen molar-refractivity contribution in [3.05, 3.63) is 219 Å². The fraction of sp³-hybridized carbons (Fsp3) is 0.518. The number of rotatable bonds is 66. The SMILES string of the molecule is CC/C=C\C/C=C\C/C=C\C/C=C\C/C=C\CC(=O)OCC(COP(=O)(O)OCC(O)COP(=O)(O)OCC(COC(=O)CCCCCC/C=C\C/C=C\C/C=C\C/C=C\CC)OC(=O)CCCC/C=C\C/C=C\C/C=C\C/C=C\CC)OC(=O)C/C=C\C/C=C\C/C=C\C/C=C\C/C=C\CC. The first-order valence-electron chi connectivity index (χ1n) is 37.0. The monoisotopic (exact) mass is 1460 g/mol. The van der Waals surface area contributed by atoms with Gasteiger partial charge in [0.25, 0.3) is 0 Å². The summed E-state index contributed by atoms with van der Waals surface area (Å²) < 4.78 is 68.1. The second-order valence-corrected chi connectivity index (χ2v) is 26.3. The summed E-state index contributed by atoms with van der Waals surface area (Å²) in [6.07, 6.45) is 91.5. The number of carbonyl (C=O) groups is 4. The Morgan fingerprint density at radius 2 is 0.529 bits per heavy atom. The van der Waals surface area contributed by atoms with Gasteiger partial charge in [0, 0.05) is 12.8 Å². The number of allylic oxidation sites excluding steroid dienone is 34. The van der Waals surface area contributed by atoms with Gasteiger partial charge in [-0.3, -0.25) is 37.3 Å². The van der Waals surface area contributed by atoms with Crippen LogP contribution >= 0.6 is 15.6 Å². The Labute approximate surface area is 613 Å². The molecule has 0 aromatic heterocycles. The number of aliphatic hydroxyl groups excluding tert-OH is 1. The van der Waals surface area contributed by atoms with E-state index in [-0.39, 0.29) is 25.7 Å². The highest BCUT2D eigenvalue weighted by atomic mass is 31.2. The Bertz CT molecular complexity index is 2800. The van der Waals surface area contributed by atoms with Gasteiger partial charge in [-0.25, -0.2) is 9.13 Å². The molecule has 19 heteroatoms. The van der Waals surface area contributed by atoms with Gasteiger partial charge in [-0.05, 0) is 154 Å². The van der Waals surface area contributed by atoms with Gasteiger partial charge in [0.15, 0.2) is 12.2 Å². The lowest BCUT2D eigenvalue weighted by Crippen LogP contribution is -2.30. The zero-order chi connectivity index (χ0) is 74.6. The molecule has 0 amide bonds. The van der Waals surface area contributed by atoms with Crippen molar-refractivity contribution in [3.63, 3.8) is 0 Å². The Balaban J connectivity index is 5.59. The number of phosphoric ester groups is 2. The van der Waals surface area contributed by atoms with E-state index in [1.807, 2.05) is 30.4 Å². The molecule has 0 aromatic rings. The smallest absolute Gasteiger partial charge is 0.462 e. The van der Waals surface area contributed by atoms with E-state index in [0.717, 1.165) is 135 Å². The molecular weight excluding hydrogens is 1330 g/mol. The molecule has 0 aliphatic heterocycles. The molecule has 0 fully saturated rings. The molecule has 0 spiro atoms. The standard InChI is InChI=1S/C83H126O17P2/c1-5-9-13-17-21-25-29-33-37-38-42-44-48-52-56-60-64-68-81(86)94-74-79(100-83(88)70-66-62-58-54-50-46-41-36-32-28-24-20-16-12-8-4)76-98-102(91,92)96-72-77(84)71-95-101(89,90)97-75-78(99-82(87)69-65-61-57-53-49-45-40-35-31-27-23-19-15-11-7-3)73-93-80(85)67-63-59-55-51-47-43-39-34-30-26-22-18-14-10-6-2/h9-16,21-28,33-37,39-42,44,47,49-51,53-54,59,61,63,65,77-79,84H,5-8,17-20,29-32,38,43,45-46,48,52,55-58,60,62,64,66-76H2,1-4H3,(H,89,90)(H,91,92)/b13-9-,14-10-,15-11-,16-12-,25-21-,26-22-,27-23-,28-24-,37-33-,39-34-,40-35-,41-36-,44-42-,51-47-,53-49-,54-50-,63-59-,65-61-. The number of carbonyl (C=O) groups excluding carboxylic acids is 4. The summed E-state index contributed by atoms with van der Waals surface area (Å²) >= 11 is 0. The summed E-state index contributed by atoms with van der Waals surface area (Å²) in [6.45, 7) is 4.03. The normalized spacial score (nSPS) is 15.2. The van der Waals surface area contributed by atoms with E-state index < -0.39 is 97.5 Å². The molecule has 3 N–H and O–H groups in total. The molecule has 0 saturated carbocycles. The van der Waals surface area contributed by atoms with Gasteiger partial charge >= 0.3 is 39.5 Å². The topological polar surface area (TPSA) is 237 Å². The predicted octanol–water partition coefficient (Wildman–Crippen LogP) is 21.3. The minimum absolute atomic E-state index is 0.0221. The number of phosphoric acid groups is 2. The maximum absolute atomic E-state index is 13.1. The van der Waals surface area contributed by atoms with Crippen molar-refractivity contribution in [2.75, 3.05) is 39.6 Å². The Kier molecular flexibility index (Phi) is 68.0. The number of unbranched alkanes of at least 4 members (excludes halogenated alkanes) is 6. The minimum Gasteiger partial charge on any atom is -0.462 e. The van der Waals surface area contributed by atoms with E-state index in [1.165, 1.54) is 0 Å². The van der Waals surface area contributed by atoms with Crippen LogP contribution < -0.4 is 0 Å². The summed E-state index contributed by atoms with van der Waals surface area (Å²) in [7, 11) is -10.1. The number of hydrogen-bond acceptors (Lipinski definition) is 15. The molecule has 102 heavy (non-hydrogen) atoms. The summed E-state index contributed by atoms with van der Waals surface area (Å²) in [5, 5.41) is 10.6. The molecule has 0 radical (unpaired) electrons. The first-order chi connectivity index (χ1) is 49.7. The van der Waals surface area contributed by atoms with Crippen LogP contribution in [0.4, 0.5) is 0 Å². The lowest BCUT2D eigenvalue weighted by atomic mass is 10.1. The van der Waals surface area contributed by atoms with Crippen molar-refractivity contribution < 1.29 is 80.2 Å². The molecule has 17 nitrogen and oxygen atoms in total. The van der Waals surface area contributed by atoms with E-state index in [2.05, 4.69) is 192 Å². The molecule has 5 unspecified atom stereocenters. The van der Waals surface area contributed by atoms with E-state index in [9.17, 15) is 43.2 Å². The third-order valence-corrected chi connectivity index (χ3v) is 15.9. The van der Waals surface area contributed by atoms with Crippen molar-refractivity contribution in [2.24, 2.45) is 0 Å². The van der Waals surface area contributed by atoms with Crippen molar-refractivity contribution in [2.45, 2.75) is 239 Å². The average molecular weight is 1460 g/mol. The van der Waals surface area contributed by atoms with E-state index in [0.29, 0.717) is 32.1 Å². The zero-order valence-corrected chi connectivity index (χ0v) is 63.7. The molecule has 0 bridgehead atoms. The van der Waals surface area contributed by atoms with Crippen LogP contribution in [0.25, 0.3) is 0 Å². The van der Waals surface area contributed by atoms with Crippen LogP contribution in [0.5, 0.6) is 0 Å². The van der Waals surface area contributed by atoms with Crippen molar-refractivity contribution in [1.82, 2.24) is 0 Å². The number of aliphatic hydroxyl groups is 1. The molecule has 0 saturated heterocycles. The Hall–Kier alpha value is -6.62. The van der Waals surface area contributed by atoms with Crippen molar-refractivity contribution in [3.8, 4) is 0 Å². The molecule has 0 aliphatic carbocycles. The fourth-order valence-electron chi connectivity index (χ4n) is 8.52. The Morgan fingerprint density at radius 3 is 0.873 bits per heavy atom. The van der Waals surface area contributed by atoms with Gasteiger partial charge in [-0.1, -0.05) is 259 Å². The van der Waals surface area contributed by atoms with Gasteiger partial charge in [-0.15, -0.1) is 0 Å². The van der Waals surface area contributed by atoms with Crippen LogP contribution in [0.1, 0.15) is 220 Å². The predicted molar refractivity (Wildman–Crippen MR) is 417 cm³/mol. The maximum atomic E-state index is 13.1. The van der Waals surface area contributed by atoms with E-state index >= 15 is 0 Å². The van der Waals surface area contributed by atoms with Crippen LogP contribution in [0.3, 0.4) is 0 Å². The van der Waals surface area contributed by atoms with Crippen LogP contribution in [-0.4, -0.2) is 96.7 Å². The minimum atomic E-state index is -5.04. The van der Waals surface area contributed by atoms with Gasteiger partial charge in [0.2, 0.25) is 0 Å². The Morgan fingerprint density at radius 1 is 0.284 bits per heavy atom. The zero-order valence-electron chi connectivity index (χ0n) is 61.9. The second-order valence-electron chi connectivity index (χ2n) is 23.4. The highest BCUT2D eigenvalue weighted by molar-refractivity contribution is 7.47. The first kappa shape index (κ1) is 95.4. The van der Waals surface area contributed by atoms with Gasteiger partial charge in [0.1, 0.15) is 19.3 Å². The van der Waals surface area contributed by atoms with Crippen molar-refractivity contribution >= 4 is 39.5 Å². The number of esters is 4. The molecule has 0 aliphatic rings. The number of hydrogen-bond donors (Lipinski definition) is 3. The van der Waals surface area contributed by atoms with Crippen LogP contribution in [0, 0.1) is 0 Å². The van der Waals surface area contributed by atoms with Crippen LogP contribution in [-0.2, 0) is 65.4 Å². The average Bonchev–Trinajstić information content (AvgIpc) is 0.926. The van der Waals surface area contributed by atoms with Crippen LogP contribution in [0.2, 0.25) is 0 Å². The highest BCUT2D eigenvalue weighted by Gasteiger charge is 2.30. The van der Waals surface area contributed by atoms with Crippen LogP contribution in [0.15, 0.2) is 219 Å². The van der Waals surface area contributed by atoms with Gasteiger partial charge < -0.3 is 33.8 Å². The first-order valence-corrected chi connectivity index (χ1v) is 40.0.